The zero-order valence-electron chi connectivity index (χ0n) is 11.3. The Hall–Kier alpha value is -1.07. The number of hydrogen-bond acceptors (Lipinski definition) is 4. The van der Waals surface area contributed by atoms with Crippen LogP contribution in [0.15, 0.2) is 18.2 Å². The SMILES string of the molecule is CS(=O)(=O)C1CCCC(C(=O)c2ccc(Cl)cc2N)C1. The number of halogens is 1. The van der Waals surface area contributed by atoms with Gasteiger partial charge in [-0.3, -0.25) is 4.79 Å². The number of anilines is 1. The number of carbonyl (C=O) groups is 1. The molecule has 2 N–H and O–H groups in total. The summed E-state index contributed by atoms with van der Waals surface area (Å²) < 4.78 is 23.3. The number of hydrogen-bond donors (Lipinski definition) is 1. The van der Waals surface area contributed by atoms with Crippen LogP contribution in [0.3, 0.4) is 0 Å². The highest BCUT2D eigenvalue weighted by molar-refractivity contribution is 7.91. The second kappa shape index (κ2) is 5.74. The summed E-state index contributed by atoms with van der Waals surface area (Å²) in [7, 11) is -3.10. The summed E-state index contributed by atoms with van der Waals surface area (Å²) in [5.41, 5.74) is 6.62. The van der Waals surface area contributed by atoms with Crippen LogP contribution in [0.5, 0.6) is 0 Å². The van der Waals surface area contributed by atoms with Crippen molar-refractivity contribution in [3.05, 3.63) is 28.8 Å². The Labute approximate surface area is 124 Å². The van der Waals surface area contributed by atoms with Gasteiger partial charge in [-0.25, -0.2) is 8.42 Å². The number of nitrogen functional groups attached to an aromatic ring is 1. The molecule has 1 aromatic rings. The molecule has 1 saturated carbocycles. The van der Waals surface area contributed by atoms with Crippen molar-refractivity contribution in [1.82, 2.24) is 0 Å². The molecule has 0 saturated heterocycles. The van der Waals surface area contributed by atoms with Crippen molar-refractivity contribution in [3.8, 4) is 0 Å². The van der Waals surface area contributed by atoms with Crippen LogP contribution in [0.4, 0.5) is 5.69 Å². The molecule has 0 bridgehead atoms. The molecule has 0 heterocycles. The smallest absolute Gasteiger partial charge is 0.168 e. The zero-order valence-corrected chi connectivity index (χ0v) is 12.9. The van der Waals surface area contributed by atoms with Gasteiger partial charge in [-0.2, -0.15) is 0 Å². The lowest BCUT2D eigenvalue weighted by atomic mass is 9.83. The van der Waals surface area contributed by atoms with Crippen molar-refractivity contribution in [3.63, 3.8) is 0 Å². The topological polar surface area (TPSA) is 77.2 Å². The second-order valence-corrected chi connectivity index (χ2v) is 8.17. The third kappa shape index (κ3) is 3.33. The van der Waals surface area contributed by atoms with Crippen molar-refractivity contribution in [1.29, 1.82) is 0 Å². The van der Waals surface area contributed by atoms with E-state index in [0.29, 0.717) is 35.5 Å². The molecular weight excluding hydrogens is 298 g/mol. The molecule has 0 aromatic heterocycles. The molecule has 2 atom stereocenters. The van der Waals surface area contributed by atoms with Gasteiger partial charge < -0.3 is 5.73 Å². The highest BCUT2D eigenvalue weighted by Gasteiger charge is 2.33. The summed E-state index contributed by atoms with van der Waals surface area (Å²) in [4.78, 5) is 12.5. The fourth-order valence-electron chi connectivity index (χ4n) is 2.75. The van der Waals surface area contributed by atoms with Crippen molar-refractivity contribution < 1.29 is 13.2 Å². The van der Waals surface area contributed by atoms with Crippen LogP contribution in [0.2, 0.25) is 5.02 Å². The monoisotopic (exact) mass is 315 g/mol. The first-order chi connectivity index (χ1) is 9.29. The first kappa shape index (κ1) is 15.3. The van der Waals surface area contributed by atoms with Crippen LogP contribution in [0, 0.1) is 5.92 Å². The van der Waals surface area contributed by atoms with E-state index in [2.05, 4.69) is 0 Å². The van der Waals surface area contributed by atoms with Crippen molar-refractivity contribution in [2.45, 2.75) is 30.9 Å². The maximum absolute atomic E-state index is 12.5. The van der Waals surface area contributed by atoms with Crippen LogP contribution in [0.25, 0.3) is 0 Å². The number of nitrogens with two attached hydrogens (primary N) is 1. The predicted octanol–water partition coefficient (Wildman–Crippen LogP) is 2.71. The molecule has 0 spiro atoms. The van der Waals surface area contributed by atoms with Gasteiger partial charge in [0.15, 0.2) is 5.78 Å². The van der Waals surface area contributed by atoms with Gasteiger partial charge in [0.2, 0.25) is 0 Å². The molecule has 0 amide bonds. The molecule has 2 rings (SSSR count). The molecule has 0 radical (unpaired) electrons. The Kier molecular flexibility index (Phi) is 4.39. The van der Waals surface area contributed by atoms with Gasteiger partial charge in [0.05, 0.1) is 5.25 Å². The number of rotatable bonds is 3. The molecular formula is C14H18ClNO3S. The molecule has 1 aromatic carbocycles. The lowest BCUT2D eigenvalue weighted by Gasteiger charge is -2.27. The van der Waals surface area contributed by atoms with E-state index in [1.54, 1.807) is 18.2 Å². The fraction of sp³-hybridized carbons (Fsp3) is 0.500. The highest BCUT2D eigenvalue weighted by atomic mass is 35.5. The van der Waals surface area contributed by atoms with Gasteiger partial charge in [0.1, 0.15) is 9.84 Å². The van der Waals surface area contributed by atoms with Crippen LogP contribution in [-0.4, -0.2) is 25.7 Å². The number of sulfone groups is 1. The molecule has 1 aliphatic carbocycles. The minimum atomic E-state index is -3.10. The van der Waals surface area contributed by atoms with Gasteiger partial charge in [-0.1, -0.05) is 18.0 Å². The number of Topliss-reactive ketones (excluding diaryl/α,β-unsaturated/α-hetero) is 1. The lowest BCUT2D eigenvalue weighted by Crippen LogP contribution is -2.31. The molecule has 1 fully saturated rings. The van der Waals surface area contributed by atoms with Crippen LogP contribution in [-0.2, 0) is 9.84 Å². The Morgan fingerprint density at radius 3 is 2.65 bits per heavy atom. The van der Waals surface area contributed by atoms with E-state index < -0.39 is 15.1 Å². The van der Waals surface area contributed by atoms with Crippen molar-refractivity contribution >= 4 is 32.9 Å². The molecule has 20 heavy (non-hydrogen) atoms. The molecule has 1 aliphatic rings. The van der Waals surface area contributed by atoms with Crippen LogP contribution < -0.4 is 5.73 Å². The minimum Gasteiger partial charge on any atom is -0.398 e. The third-order valence-corrected chi connectivity index (χ3v) is 5.76. The largest absolute Gasteiger partial charge is 0.398 e. The zero-order chi connectivity index (χ0) is 14.9. The summed E-state index contributed by atoms with van der Waals surface area (Å²) >= 11 is 5.82. The average Bonchev–Trinajstić information content (AvgIpc) is 2.37. The van der Waals surface area contributed by atoms with Gasteiger partial charge in [-0.15, -0.1) is 0 Å². The number of ketones is 1. The van der Waals surface area contributed by atoms with Crippen LogP contribution >= 0.6 is 11.6 Å². The standard InChI is InChI=1S/C14H18ClNO3S/c1-20(18,19)11-4-2-3-9(7-11)14(17)12-6-5-10(15)8-13(12)16/h5-6,8-9,11H,2-4,7,16H2,1H3. The summed E-state index contributed by atoms with van der Waals surface area (Å²) in [6.45, 7) is 0. The maximum atomic E-state index is 12.5. The van der Waals surface area contributed by atoms with Gasteiger partial charge in [-0.05, 0) is 37.5 Å². The Morgan fingerprint density at radius 1 is 1.35 bits per heavy atom. The molecule has 2 unspecified atom stereocenters. The fourth-order valence-corrected chi connectivity index (χ4v) is 4.11. The van der Waals surface area contributed by atoms with Crippen LogP contribution in [0.1, 0.15) is 36.0 Å². The third-order valence-electron chi connectivity index (χ3n) is 3.88. The lowest BCUT2D eigenvalue weighted by molar-refractivity contribution is 0.0892. The second-order valence-electron chi connectivity index (χ2n) is 5.41. The van der Waals surface area contributed by atoms with E-state index in [0.717, 1.165) is 6.42 Å². The van der Waals surface area contributed by atoms with E-state index in [-0.39, 0.29) is 11.7 Å². The first-order valence-corrected chi connectivity index (χ1v) is 8.90. The minimum absolute atomic E-state index is 0.0764. The average molecular weight is 316 g/mol. The quantitative estimate of drug-likeness (QED) is 0.687. The van der Waals surface area contributed by atoms with Crippen molar-refractivity contribution in [2.75, 3.05) is 12.0 Å². The predicted molar refractivity (Wildman–Crippen MR) is 80.8 cm³/mol. The summed E-state index contributed by atoms with van der Waals surface area (Å²) in [5.74, 6) is -0.348. The van der Waals surface area contributed by atoms with Gasteiger partial charge in [0.25, 0.3) is 0 Å². The van der Waals surface area contributed by atoms with E-state index in [9.17, 15) is 13.2 Å². The molecule has 0 aliphatic heterocycles. The summed E-state index contributed by atoms with van der Waals surface area (Å²) in [6.07, 6.45) is 3.73. The Bertz CT molecular complexity index is 627. The van der Waals surface area contributed by atoms with Gasteiger partial charge >= 0.3 is 0 Å². The summed E-state index contributed by atoms with van der Waals surface area (Å²) in [6, 6.07) is 4.79. The van der Waals surface area contributed by atoms with E-state index >= 15 is 0 Å². The summed E-state index contributed by atoms with van der Waals surface area (Å²) in [5, 5.41) is 0.0652. The van der Waals surface area contributed by atoms with Crippen molar-refractivity contribution in [2.24, 2.45) is 5.92 Å². The maximum Gasteiger partial charge on any atom is 0.168 e. The van der Waals surface area contributed by atoms with E-state index in [1.165, 1.54) is 6.26 Å². The first-order valence-electron chi connectivity index (χ1n) is 6.57. The Balaban J connectivity index is 2.21. The van der Waals surface area contributed by atoms with Gasteiger partial charge in [0, 0.05) is 28.4 Å². The molecule has 4 nitrogen and oxygen atoms in total. The normalized spacial score (nSPS) is 23.5. The van der Waals surface area contributed by atoms with E-state index in [1.807, 2.05) is 0 Å². The molecule has 110 valence electrons. The molecule has 6 heteroatoms. The number of benzene rings is 1. The Morgan fingerprint density at radius 2 is 2.05 bits per heavy atom. The highest BCUT2D eigenvalue weighted by Crippen LogP contribution is 2.32. The number of carbonyl (C=O) groups excluding carboxylic acids is 1. The van der Waals surface area contributed by atoms with E-state index in [4.69, 9.17) is 17.3 Å².